The Bertz CT molecular complexity index is 836. The minimum Gasteiger partial charge on any atom is -0.258 e. The van der Waals surface area contributed by atoms with Gasteiger partial charge in [-0.2, -0.15) is 0 Å². The summed E-state index contributed by atoms with van der Waals surface area (Å²) in [6, 6.07) is 16.4. The van der Waals surface area contributed by atoms with Crippen LogP contribution >= 0.6 is 0 Å². The Kier molecular flexibility index (Phi) is 3.43. The van der Waals surface area contributed by atoms with E-state index in [0.29, 0.717) is 0 Å². The average molecular weight is 276 g/mol. The van der Waals surface area contributed by atoms with E-state index in [2.05, 4.69) is 4.98 Å². The number of hydrogen-bond acceptors (Lipinski definition) is 3. The third kappa shape index (κ3) is 2.79. The van der Waals surface area contributed by atoms with Crippen molar-refractivity contribution in [1.29, 1.82) is 0 Å². The molecule has 3 aromatic rings. The zero-order chi connectivity index (χ0) is 14.7. The molecule has 0 unspecified atom stereocenters. The van der Waals surface area contributed by atoms with Crippen LogP contribution in [-0.4, -0.2) is 9.91 Å². The second-order valence-corrected chi connectivity index (χ2v) is 4.60. The molecular formula is C17H12N2O2. The molecule has 0 N–H and O–H groups in total. The predicted molar refractivity (Wildman–Crippen MR) is 83.8 cm³/mol. The maximum Gasteiger partial charge on any atom is 0.270 e. The molecule has 0 bridgehead atoms. The third-order valence-electron chi connectivity index (χ3n) is 3.22. The fourth-order valence-electron chi connectivity index (χ4n) is 2.19. The predicted octanol–water partition coefficient (Wildman–Crippen LogP) is 4.31. The van der Waals surface area contributed by atoms with Gasteiger partial charge >= 0.3 is 0 Å². The molecule has 0 atom stereocenters. The largest absolute Gasteiger partial charge is 0.270 e. The topological polar surface area (TPSA) is 56.0 Å². The zero-order valence-corrected chi connectivity index (χ0v) is 11.1. The number of non-ortho nitro benzene ring substituents is 1. The molecule has 0 aliphatic carbocycles. The molecule has 3 rings (SSSR count). The van der Waals surface area contributed by atoms with Crippen LogP contribution in [0.2, 0.25) is 0 Å². The maximum atomic E-state index is 10.8. The molecule has 1 heterocycles. The van der Waals surface area contributed by atoms with Crippen molar-refractivity contribution in [2.24, 2.45) is 0 Å². The fourth-order valence-corrected chi connectivity index (χ4v) is 2.19. The van der Waals surface area contributed by atoms with Crippen LogP contribution in [0.15, 0.2) is 60.8 Å². The number of aromatic nitrogens is 1. The monoisotopic (exact) mass is 276 g/mol. The van der Waals surface area contributed by atoms with Gasteiger partial charge in [0.25, 0.3) is 5.69 Å². The van der Waals surface area contributed by atoms with Gasteiger partial charge in [0, 0.05) is 23.7 Å². The highest BCUT2D eigenvalue weighted by atomic mass is 16.6. The van der Waals surface area contributed by atoms with Gasteiger partial charge in [0.15, 0.2) is 0 Å². The molecule has 0 saturated carbocycles. The number of rotatable bonds is 3. The second-order valence-electron chi connectivity index (χ2n) is 4.60. The van der Waals surface area contributed by atoms with Crippen molar-refractivity contribution < 1.29 is 4.92 Å². The van der Waals surface area contributed by atoms with Crippen molar-refractivity contribution in [2.75, 3.05) is 0 Å². The molecule has 0 saturated heterocycles. The average Bonchev–Trinajstić information content (AvgIpc) is 2.53. The van der Waals surface area contributed by atoms with Gasteiger partial charge in [-0.1, -0.05) is 42.5 Å². The van der Waals surface area contributed by atoms with E-state index in [0.717, 1.165) is 22.0 Å². The van der Waals surface area contributed by atoms with E-state index in [1.54, 1.807) is 18.3 Å². The number of nitrogens with zero attached hydrogens (tertiary/aromatic N) is 2. The molecule has 0 radical (unpaired) electrons. The third-order valence-corrected chi connectivity index (χ3v) is 3.22. The smallest absolute Gasteiger partial charge is 0.258 e. The molecule has 0 amide bonds. The lowest BCUT2D eigenvalue weighted by Gasteiger charge is -2.01. The van der Waals surface area contributed by atoms with Crippen LogP contribution in [0, 0.1) is 10.1 Å². The molecule has 0 fully saturated rings. The van der Waals surface area contributed by atoms with Crippen molar-refractivity contribution in [2.45, 2.75) is 0 Å². The Labute approximate surface area is 121 Å². The van der Waals surface area contributed by atoms with E-state index in [9.17, 15) is 10.1 Å². The number of nitro groups is 1. The number of benzene rings is 2. The Balaban J connectivity index is 1.98. The van der Waals surface area contributed by atoms with E-state index in [-0.39, 0.29) is 10.6 Å². The lowest BCUT2D eigenvalue weighted by atomic mass is 10.1. The first kappa shape index (κ1) is 13.0. The molecule has 4 nitrogen and oxygen atoms in total. The van der Waals surface area contributed by atoms with E-state index in [1.807, 2.05) is 48.6 Å². The minimum atomic E-state index is -0.390. The van der Waals surface area contributed by atoms with Crippen LogP contribution in [0.4, 0.5) is 5.69 Å². The lowest BCUT2D eigenvalue weighted by molar-refractivity contribution is -0.384. The van der Waals surface area contributed by atoms with Gasteiger partial charge in [-0.25, -0.2) is 0 Å². The number of para-hydroxylation sites is 1. The van der Waals surface area contributed by atoms with E-state index in [1.165, 1.54) is 6.07 Å². The molecule has 102 valence electrons. The van der Waals surface area contributed by atoms with Gasteiger partial charge < -0.3 is 0 Å². The quantitative estimate of drug-likeness (QED) is 0.529. The van der Waals surface area contributed by atoms with Crippen LogP contribution in [-0.2, 0) is 0 Å². The van der Waals surface area contributed by atoms with Crippen LogP contribution in [0.1, 0.15) is 11.1 Å². The Morgan fingerprint density at radius 3 is 2.71 bits per heavy atom. The maximum absolute atomic E-state index is 10.8. The first-order valence-electron chi connectivity index (χ1n) is 6.50. The van der Waals surface area contributed by atoms with Crippen molar-refractivity contribution >= 4 is 28.7 Å². The molecule has 0 aliphatic heterocycles. The summed E-state index contributed by atoms with van der Waals surface area (Å²) >= 11 is 0. The zero-order valence-electron chi connectivity index (χ0n) is 11.1. The molecule has 0 aliphatic rings. The number of nitro benzene ring substituents is 1. The van der Waals surface area contributed by atoms with E-state index in [4.69, 9.17) is 0 Å². The molecule has 21 heavy (non-hydrogen) atoms. The van der Waals surface area contributed by atoms with E-state index >= 15 is 0 Å². The van der Waals surface area contributed by atoms with Crippen LogP contribution in [0.25, 0.3) is 23.1 Å². The van der Waals surface area contributed by atoms with Crippen molar-refractivity contribution in [3.05, 3.63) is 82.0 Å². The SMILES string of the molecule is O=[N+]([O-])c1cccc(/C=C/c2ccnc3ccccc23)c1. The van der Waals surface area contributed by atoms with Gasteiger partial charge in [0.2, 0.25) is 0 Å². The summed E-state index contributed by atoms with van der Waals surface area (Å²) in [4.78, 5) is 14.7. The lowest BCUT2D eigenvalue weighted by Crippen LogP contribution is -1.87. The summed E-state index contributed by atoms with van der Waals surface area (Å²) in [5, 5.41) is 11.8. The summed E-state index contributed by atoms with van der Waals surface area (Å²) in [5.74, 6) is 0. The van der Waals surface area contributed by atoms with Crippen LogP contribution in [0.5, 0.6) is 0 Å². The number of pyridine rings is 1. The van der Waals surface area contributed by atoms with Gasteiger partial charge in [0.1, 0.15) is 0 Å². The minimum absolute atomic E-state index is 0.0942. The standard InChI is InChI=1S/C17H12N2O2/c20-19(21)15-5-3-4-13(12-15)8-9-14-10-11-18-17-7-2-1-6-16(14)17/h1-12H/b9-8+. The molecular weight excluding hydrogens is 264 g/mol. The summed E-state index contributed by atoms with van der Waals surface area (Å²) in [6.45, 7) is 0. The van der Waals surface area contributed by atoms with E-state index < -0.39 is 0 Å². The summed E-state index contributed by atoms with van der Waals surface area (Å²) in [6.07, 6.45) is 5.58. The highest BCUT2D eigenvalue weighted by molar-refractivity contribution is 5.90. The first-order valence-corrected chi connectivity index (χ1v) is 6.50. The van der Waals surface area contributed by atoms with Crippen LogP contribution in [0.3, 0.4) is 0 Å². The number of fused-ring (bicyclic) bond motifs is 1. The summed E-state index contributed by atoms with van der Waals surface area (Å²) in [7, 11) is 0. The van der Waals surface area contributed by atoms with Crippen molar-refractivity contribution in [3.8, 4) is 0 Å². The van der Waals surface area contributed by atoms with Crippen molar-refractivity contribution in [1.82, 2.24) is 4.98 Å². The second kappa shape index (κ2) is 5.54. The Morgan fingerprint density at radius 2 is 1.86 bits per heavy atom. The van der Waals surface area contributed by atoms with Gasteiger partial charge in [-0.15, -0.1) is 0 Å². The molecule has 2 aromatic carbocycles. The molecule has 0 spiro atoms. The van der Waals surface area contributed by atoms with Crippen LogP contribution < -0.4 is 0 Å². The van der Waals surface area contributed by atoms with Gasteiger partial charge in [-0.3, -0.25) is 15.1 Å². The molecule has 4 heteroatoms. The Hall–Kier alpha value is -3.01. The fraction of sp³-hybridized carbons (Fsp3) is 0. The van der Waals surface area contributed by atoms with Gasteiger partial charge in [-0.05, 0) is 23.3 Å². The van der Waals surface area contributed by atoms with Crippen molar-refractivity contribution in [3.63, 3.8) is 0 Å². The highest BCUT2D eigenvalue weighted by Gasteiger charge is 2.04. The van der Waals surface area contributed by atoms with Gasteiger partial charge in [0.05, 0.1) is 10.4 Å². The molecule has 1 aromatic heterocycles. The number of hydrogen-bond donors (Lipinski definition) is 0. The summed E-state index contributed by atoms with van der Waals surface area (Å²) < 4.78 is 0. The highest BCUT2D eigenvalue weighted by Crippen LogP contribution is 2.20. The first-order chi connectivity index (χ1) is 10.2. The Morgan fingerprint density at radius 1 is 1.00 bits per heavy atom. The summed E-state index contributed by atoms with van der Waals surface area (Å²) in [5.41, 5.74) is 2.85. The normalized spacial score (nSPS) is 11.0.